The van der Waals surface area contributed by atoms with Gasteiger partial charge in [0.25, 0.3) is 0 Å². The van der Waals surface area contributed by atoms with E-state index in [1.54, 1.807) is 0 Å². The van der Waals surface area contributed by atoms with Gasteiger partial charge in [-0.15, -0.1) is 0 Å². The third-order valence-corrected chi connectivity index (χ3v) is 3.74. The maximum Gasteiger partial charge on any atom is 0.0846 e. The van der Waals surface area contributed by atoms with Crippen molar-refractivity contribution in [2.75, 3.05) is 0 Å². The minimum Gasteiger partial charge on any atom is -0.388 e. The van der Waals surface area contributed by atoms with E-state index in [1.807, 2.05) is 45.9 Å². The van der Waals surface area contributed by atoms with E-state index in [0.717, 1.165) is 0 Å². The van der Waals surface area contributed by atoms with Crippen molar-refractivity contribution in [1.29, 1.82) is 0 Å². The molecule has 0 radical (unpaired) electrons. The Kier molecular flexibility index (Phi) is 4.72. The van der Waals surface area contributed by atoms with Crippen LogP contribution in [0.2, 0.25) is 0 Å². The van der Waals surface area contributed by atoms with Crippen LogP contribution in [0.15, 0.2) is 30.3 Å². The van der Waals surface area contributed by atoms with Gasteiger partial charge in [0.15, 0.2) is 0 Å². The quantitative estimate of drug-likeness (QED) is 0.824. The van der Waals surface area contributed by atoms with Gasteiger partial charge in [-0.3, -0.25) is 0 Å². The van der Waals surface area contributed by atoms with Gasteiger partial charge < -0.3 is 10.8 Å². The summed E-state index contributed by atoms with van der Waals surface area (Å²) in [5.74, 6) is 0.308. The van der Waals surface area contributed by atoms with Crippen molar-refractivity contribution in [2.45, 2.75) is 45.8 Å². The summed E-state index contributed by atoms with van der Waals surface area (Å²) in [7, 11) is 0. The van der Waals surface area contributed by atoms with Crippen molar-refractivity contribution >= 4 is 0 Å². The molecule has 0 aromatic heterocycles. The molecule has 96 valence electrons. The second-order valence-electron chi connectivity index (χ2n) is 5.49. The van der Waals surface area contributed by atoms with Crippen molar-refractivity contribution in [3.8, 4) is 0 Å². The van der Waals surface area contributed by atoms with Crippen LogP contribution in [-0.4, -0.2) is 16.7 Å². The summed E-state index contributed by atoms with van der Waals surface area (Å²) in [6.45, 7) is 8.13. The summed E-state index contributed by atoms with van der Waals surface area (Å²) in [6, 6.07) is 9.89. The molecule has 1 aromatic rings. The van der Waals surface area contributed by atoms with Crippen molar-refractivity contribution in [3.05, 3.63) is 35.9 Å². The zero-order valence-electron chi connectivity index (χ0n) is 11.4. The molecule has 2 nitrogen and oxygen atoms in total. The molecule has 17 heavy (non-hydrogen) atoms. The van der Waals surface area contributed by atoms with Gasteiger partial charge in [0.2, 0.25) is 0 Å². The molecule has 1 aromatic carbocycles. The lowest BCUT2D eigenvalue weighted by atomic mass is 9.73. The van der Waals surface area contributed by atoms with Gasteiger partial charge in [-0.05, 0) is 23.8 Å². The molecule has 0 saturated heterocycles. The van der Waals surface area contributed by atoms with Crippen molar-refractivity contribution in [1.82, 2.24) is 0 Å². The van der Waals surface area contributed by atoms with Crippen molar-refractivity contribution < 1.29 is 5.11 Å². The first-order valence-corrected chi connectivity index (χ1v) is 6.40. The van der Waals surface area contributed by atoms with Crippen LogP contribution in [0, 0.1) is 11.8 Å². The number of rotatable bonds is 5. The third-order valence-electron chi connectivity index (χ3n) is 3.74. The average Bonchev–Trinajstić information content (AvgIpc) is 2.28. The first-order chi connectivity index (χ1) is 7.89. The van der Waals surface area contributed by atoms with Gasteiger partial charge in [0.1, 0.15) is 0 Å². The van der Waals surface area contributed by atoms with Gasteiger partial charge in [-0.25, -0.2) is 0 Å². The standard InChI is InChI=1S/C15H25NO/c1-11(2)15(17,12(3)4)14(16)10-13-8-6-5-7-9-13/h5-9,11-12,14,17H,10,16H2,1-4H3. The Hall–Kier alpha value is -0.860. The van der Waals surface area contributed by atoms with E-state index < -0.39 is 5.60 Å². The first kappa shape index (κ1) is 14.2. The normalized spacial score (nSPS) is 14.4. The fourth-order valence-corrected chi connectivity index (χ4v) is 2.55. The molecule has 0 amide bonds. The fourth-order valence-electron chi connectivity index (χ4n) is 2.55. The lowest BCUT2D eigenvalue weighted by Gasteiger charge is -2.41. The average molecular weight is 235 g/mol. The Morgan fingerprint density at radius 3 is 1.94 bits per heavy atom. The number of hydrogen-bond acceptors (Lipinski definition) is 2. The van der Waals surface area contributed by atoms with E-state index >= 15 is 0 Å². The van der Waals surface area contributed by atoms with Gasteiger partial charge in [-0.1, -0.05) is 58.0 Å². The van der Waals surface area contributed by atoms with Crippen molar-refractivity contribution in [2.24, 2.45) is 17.6 Å². The number of nitrogens with two attached hydrogens (primary N) is 1. The van der Waals surface area contributed by atoms with E-state index in [2.05, 4.69) is 12.1 Å². The van der Waals surface area contributed by atoms with Crippen molar-refractivity contribution in [3.63, 3.8) is 0 Å². The zero-order valence-corrected chi connectivity index (χ0v) is 11.4. The summed E-state index contributed by atoms with van der Waals surface area (Å²) in [6.07, 6.45) is 0.716. The number of aliphatic hydroxyl groups is 1. The number of hydrogen-bond donors (Lipinski definition) is 2. The Morgan fingerprint density at radius 2 is 1.53 bits per heavy atom. The van der Waals surface area contributed by atoms with Crippen LogP contribution in [0.5, 0.6) is 0 Å². The van der Waals surface area contributed by atoms with E-state index in [4.69, 9.17) is 5.73 Å². The molecule has 0 saturated carbocycles. The highest BCUT2D eigenvalue weighted by Gasteiger charge is 2.40. The van der Waals surface area contributed by atoms with Crippen LogP contribution in [0.1, 0.15) is 33.3 Å². The summed E-state index contributed by atoms with van der Waals surface area (Å²) in [5, 5.41) is 10.8. The zero-order chi connectivity index (χ0) is 13.1. The highest BCUT2D eigenvalue weighted by atomic mass is 16.3. The Morgan fingerprint density at radius 1 is 1.06 bits per heavy atom. The van der Waals surface area contributed by atoms with Crippen LogP contribution in [0.4, 0.5) is 0 Å². The molecular formula is C15H25NO. The van der Waals surface area contributed by atoms with Gasteiger partial charge >= 0.3 is 0 Å². The third kappa shape index (κ3) is 3.08. The lowest BCUT2D eigenvalue weighted by molar-refractivity contribution is -0.0677. The summed E-state index contributed by atoms with van der Waals surface area (Å²) in [5.41, 5.74) is 6.61. The Labute approximate surface area is 105 Å². The molecule has 1 atom stereocenters. The van der Waals surface area contributed by atoms with Gasteiger partial charge in [0, 0.05) is 6.04 Å². The van der Waals surface area contributed by atoms with Crippen LogP contribution in [0.25, 0.3) is 0 Å². The lowest BCUT2D eigenvalue weighted by Crippen LogP contribution is -2.56. The van der Waals surface area contributed by atoms with Crippen LogP contribution in [-0.2, 0) is 6.42 Å². The minimum atomic E-state index is -0.810. The highest BCUT2D eigenvalue weighted by Crippen LogP contribution is 2.30. The maximum absolute atomic E-state index is 10.8. The minimum absolute atomic E-state index is 0.154. The second kappa shape index (κ2) is 5.65. The number of benzene rings is 1. The molecule has 2 heteroatoms. The molecule has 0 bridgehead atoms. The van der Waals surface area contributed by atoms with E-state index in [9.17, 15) is 5.11 Å². The molecule has 3 N–H and O–H groups in total. The summed E-state index contributed by atoms with van der Waals surface area (Å²) < 4.78 is 0. The summed E-state index contributed by atoms with van der Waals surface area (Å²) >= 11 is 0. The molecular weight excluding hydrogens is 210 g/mol. The van der Waals surface area contributed by atoms with Gasteiger partial charge in [-0.2, -0.15) is 0 Å². The summed E-state index contributed by atoms with van der Waals surface area (Å²) in [4.78, 5) is 0. The Bertz CT molecular complexity index is 324. The molecule has 0 aliphatic carbocycles. The van der Waals surface area contributed by atoms with E-state index in [-0.39, 0.29) is 17.9 Å². The molecule has 0 fully saturated rings. The molecule has 0 aliphatic heterocycles. The largest absolute Gasteiger partial charge is 0.388 e. The molecule has 0 heterocycles. The maximum atomic E-state index is 10.8. The van der Waals surface area contributed by atoms with E-state index in [0.29, 0.717) is 6.42 Å². The van der Waals surface area contributed by atoms with Crippen LogP contribution in [0.3, 0.4) is 0 Å². The second-order valence-corrected chi connectivity index (χ2v) is 5.49. The van der Waals surface area contributed by atoms with E-state index in [1.165, 1.54) is 5.56 Å². The predicted molar refractivity (Wildman–Crippen MR) is 72.7 cm³/mol. The Balaban J connectivity index is 2.84. The molecule has 1 rings (SSSR count). The smallest absolute Gasteiger partial charge is 0.0846 e. The van der Waals surface area contributed by atoms with Crippen LogP contribution >= 0.6 is 0 Å². The molecule has 1 unspecified atom stereocenters. The monoisotopic (exact) mass is 235 g/mol. The molecule has 0 aliphatic rings. The SMILES string of the molecule is CC(C)C(O)(C(C)C)C(N)Cc1ccccc1. The molecule has 0 spiro atoms. The highest BCUT2D eigenvalue weighted by molar-refractivity contribution is 5.17. The fraction of sp³-hybridized carbons (Fsp3) is 0.600. The van der Waals surface area contributed by atoms with Gasteiger partial charge in [0.05, 0.1) is 5.60 Å². The van der Waals surface area contributed by atoms with Crippen LogP contribution < -0.4 is 5.73 Å². The predicted octanol–water partition coefficient (Wildman–Crippen LogP) is 2.60. The topological polar surface area (TPSA) is 46.2 Å². The first-order valence-electron chi connectivity index (χ1n) is 6.40.